The molecule has 2 amide bonds. The smallest absolute Gasteiger partial charge is 0.324 e. The number of nitrogens with zero attached hydrogens (tertiary/aromatic N) is 1. The topological polar surface area (TPSA) is 107 Å². The Balaban J connectivity index is 2.15. The Bertz CT molecular complexity index is 731. The molecule has 2 heterocycles. The number of nitrogens with one attached hydrogen (secondary N) is 1. The number of carbonyl (C=O) groups excluding carboxylic acids is 2. The zero-order valence-corrected chi connectivity index (χ0v) is 13.7. The maximum absolute atomic E-state index is 12.8. The number of amides is 2. The normalized spacial score (nSPS) is 32.5. The lowest BCUT2D eigenvalue weighted by Gasteiger charge is -2.28. The minimum Gasteiger partial charge on any atom is -0.508 e. The Labute approximate surface area is 139 Å². The fourth-order valence-electron chi connectivity index (χ4n) is 3.88. The monoisotopic (exact) mass is 332 g/mol. The van der Waals surface area contributed by atoms with Gasteiger partial charge in [-0.25, -0.2) is 0 Å². The number of hydrogen-bond donors (Lipinski definition) is 3. The van der Waals surface area contributed by atoms with Crippen LogP contribution in [-0.2, 0) is 14.4 Å². The highest BCUT2D eigenvalue weighted by molar-refractivity contribution is 6.09. The molecule has 0 aromatic heterocycles. The van der Waals surface area contributed by atoms with Crippen molar-refractivity contribution >= 4 is 17.8 Å². The number of likely N-dealkylation sites (tertiary alicyclic amines) is 1. The number of rotatable bonds is 3. The summed E-state index contributed by atoms with van der Waals surface area (Å²) < 4.78 is 0. The van der Waals surface area contributed by atoms with Crippen molar-refractivity contribution in [2.24, 2.45) is 11.8 Å². The molecule has 0 aliphatic carbocycles. The molecule has 2 aliphatic heterocycles. The van der Waals surface area contributed by atoms with E-state index in [9.17, 15) is 24.6 Å². The van der Waals surface area contributed by atoms with Crippen LogP contribution in [0.4, 0.5) is 0 Å². The first kappa shape index (κ1) is 16.4. The molecule has 24 heavy (non-hydrogen) atoms. The van der Waals surface area contributed by atoms with Gasteiger partial charge < -0.3 is 10.2 Å². The van der Waals surface area contributed by atoms with Crippen LogP contribution in [0, 0.1) is 11.8 Å². The minimum atomic E-state index is -1.58. The van der Waals surface area contributed by atoms with Crippen LogP contribution in [0.25, 0.3) is 0 Å². The average Bonchev–Trinajstić information content (AvgIpc) is 2.95. The van der Waals surface area contributed by atoms with E-state index in [0.29, 0.717) is 5.56 Å². The Morgan fingerprint density at radius 2 is 1.88 bits per heavy atom. The third-order valence-corrected chi connectivity index (χ3v) is 5.05. The molecule has 0 saturated carbocycles. The van der Waals surface area contributed by atoms with E-state index >= 15 is 0 Å². The highest BCUT2D eigenvalue weighted by Gasteiger charge is 2.67. The summed E-state index contributed by atoms with van der Waals surface area (Å²) in [5.41, 5.74) is -1.15. The van der Waals surface area contributed by atoms with Crippen molar-refractivity contribution in [1.82, 2.24) is 10.2 Å². The van der Waals surface area contributed by atoms with Crippen molar-refractivity contribution in [3.8, 4) is 5.75 Å². The second-order valence-electron chi connectivity index (χ2n) is 6.83. The summed E-state index contributed by atoms with van der Waals surface area (Å²) in [7, 11) is 0. The molecule has 2 fully saturated rings. The molecular weight excluding hydrogens is 312 g/mol. The largest absolute Gasteiger partial charge is 0.508 e. The molecule has 3 rings (SSSR count). The van der Waals surface area contributed by atoms with Crippen LogP contribution in [0.1, 0.15) is 32.4 Å². The van der Waals surface area contributed by atoms with Gasteiger partial charge in [0, 0.05) is 17.6 Å². The zero-order valence-electron chi connectivity index (χ0n) is 13.7. The number of aliphatic carboxylic acids is 1. The second-order valence-corrected chi connectivity index (χ2v) is 6.83. The van der Waals surface area contributed by atoms with Crippen molar-refractivity contribution in [2.45, 2.75) is 38.4 Å². The predicted octanol–water partition coefficient (Wildman–Crippen LogP) is 0.889. The van der Waals surface area contributed by atoms with E-state index in [-0.39, 0.29) is 11.8 Å². The first-order chi connectivity index (χ1) is 11.2. The summed E-state index contributed by atoms with van der Waals surface area (Å²) in [5, 5.41) is 22.7. The van der Waals surface area contributed by atoms with Crippen LogP contribution in [0.5, 0.6) is 5.75 Å². The van der Waals surface area contributed by atoms with Gasteiger partial charge >= 0.3 is 5.97 Å². The molecule has 0 bridgehead atoms. The van der Waals surface area contributed by atoms with Gasteiger partial charge in [0.05, 0.1) is 11.8 Å². The lowest BCUT2D eigenvalue weighted by molar-refractivity contribution is -0.151. The number of fused-ring (bicyclic) bond motifs is 1. The number of phenols is 1. The van der Waals surface area contributed by atoms with Crippen LogP contribution >= 0.6 is 0 Å². The molecule has 7 nitrogen and oxygen atoms in total. The molecule has 128 valence electrons. The van der Waals surface area contributed by atoms with E-state index in [1.54, 1.807) is 32.0 Å². The number of para-hydroxylation sites is 1. The molecule has 0 radical (unpaired) electrons. The Morgan fingerprint density at radius 3 is 2.42 bits per heavy atom. The van der Waals surface area contributed by atoms with Crippen molar-refractivity contribution in [1.29, 1.82) is 0 Å². The van der Waals surface area contributed by atoms with E-state index < -0.39 is 41.2 Å². The Morgan fingerprint density at radius 1 is 1.25 bits per heavy atom. The number of imide groups is 1. The summed E-state index contributed by atoms with van der Waals surface area (Å²) in [6, 6.07) is 5.36. The number of benzene rings is 1. The molecule has 1 aromatic rings. The minimum absolute atomic E-state index is 0.0355. The van der Waals surface area contributed by atoms with Crippen LogP contribution in [0.2, 0.25) is 0 Å². The Kier molecular flexibility index (Phi) is 3.64. The summed E-state index contributed by atoms with van der Waals surface area (Å²) in [6.45, 7) is 4.86. The molecule has 0 spiro atoms. The Hall–Kier alpha value is -2.41. The van der Waals surface area contributed by atoms with E-state index in [0.717, 1.165) is 4.90 Å². The van der Waals surface area contributed by atoms with Gasteiger partial charge in [-0.2, -0.15) is 0 Å². The SMILES string of the molecule is CC(C)N1C(=O)[C@H]2[C@@H](C1=O)[C@@](C)(C(=O)O)N[C@H]2c1ccccc1O. The van der Waals surface area contributed by atoms with E-state index in [4.69, 9.17) is 0 Å². The number of hydrogen-bond acceptors (Lipinski definition) is 5. The quantitative estimate of drug-likeness (QED) is 0.710. The van der Waals surface area contributed by atoms with Gasteiger partial charge in [-0.1, -0.05) is 18.2 Å². The third-order valence-electron chi connectivity index (χ3n) is 5.05. The summed E-state index contributed by atoms with van der Waals surface area (Å²) >= 11 is 0. The summed E-state index contributed by atoms with van der Waals surface area (Å²) in [4.78, 5) is 38.6. The zero-order chi connectivity index (χ0) is 17.8. The van der Waals surface area contributed by atoms with Gasteiger partial charge in [-0.15, -0.1) is 0 Å². The molecular formula is C17H20N2O5. The van der Waals surface area contributed by atoms with Crippen molar-refractivity contribution < 1.29 is 24.6 Å². The van der Waals surface area contributed by atoms with Crippen molar-refractivity contribution in [3.63, 3.8) is 0 Å². The first-order valence-corrected chi connectivity index (χ1v) is 7.86. The van der Waals surface area contributed by atoms with Crippen LogP contribution in [0.3, 0.4) is 0 Å². The van der Waals surface area contributed by atoms with Gasteiger partial charge in [0.2, 0.25) is 11.8 Å². The predicted molar refractivity (Wildman–Crippen MR) is 84.0 cm³/mol. The van der Waals surface area contributed by atoms with Crippen LogP contribution in [0.15, 0.2) is 24.3 Å². The summed E-state index contributed by atoms with van der Waals surface area (Å²) in [6.07, 6.45) is 0. The van der Waals surface area contributed by atoms with Gasteiger partial charge in [0.1, 0.15) is 11.3 Å². The van der Waals surface area contributed by atoms with Gasteiger partial charge in [0.15, 0.2) is 0 Å². The van der Waals surface area contributed by atoms with Crippen molar-refractivity contribution in [2.75, 3.05) is 0 Å². The van der Waals surface area contributed by atoms with Gasteiger partial charge in [0.25, 0.3) is 0 Å². The number of aromatic hydroxyl groups is 1. The second kappa shape index (κ2) is 5.31. The number of carboxylic acid groups (broad SMARTS) is 1. The molecule has 3 N–H and O–H groups in total. The van der Waals surface area contributed by atoms with Crippen molar-refractivity contribution in [3.05, 3.63) is 29.8 Å². The lowest BCUT2D eigenvalue weighted by Crippen LogP contribution is -2.54. The van der Waals surface area contributed by atoms with Gasteiger partial charge in [-0.05, 0) is 26.8 Å². The maximum atomic E-state index is 12.8. The van der Waals surface area contributed by atoms with Crippen LogP contribution in [-0.4, -0.2) is 44.5 Å². The third kappa shape index (κ3) is 2.04. The number of carbonyl (C=O) groups is 3. The molecule has 7 heteroatoms. The number of phenolic OH excluding ortho intramolecular Hbond substituents is 1. The van der Waals surface area contributed by atoms with E-state index in [1.807, 2.05) is 0 Å². The summed E-state index contributed by atoms with van der Waals surface area (Å²) in [5.74, 6) is -3.96. The fraction of sp³-hybridized carbons (Fsp3) is 0.471. The molecule has 0 unspecified atom stereocenters. The highest BCUT2D eigenvalue weighted by Crippen LogP contribution is 2.50. The molecule has 2 saturated heterocycles. The lowest BCUT2D eigenvalue weighted by atomic mass is 9.80. The highest BCUT2D eigenvalue weighted by atomic mass is 16.4. The molecule has 2 aliphatic rings. The fourth-order valence-corrected chi connectivity index (χ4v) is 3.88. The van der Waals surface area contributed by atoms with Gasteiger partial charge in [-0.3, -0.25) is 24.6 Å². The van der Waals surface area contributed by atoms with Crippen LogP contribution < -0.4 is 5.32 Å². The standard InChI is InChI=1S/C17H20N2O5/c1-8(2)19-14(21)11-12(15(19)22)17(3,16(23)24)18-13(11)9-6-4-5-7-10(9)20/h4-8,11-13,18,20H,1-3H3,(H,23,24)/t11-,12-,13-,17-/m0/s1. The number of carboxylic acids is 1. The van der Waals surface area contributed by atoms with E-state index in [1.165, 1.54) is 13.0 Å². The van der Waals surface area contributed by atoms with E-state index in [2.05, 4.69) is 5.32 Å². The maximum Gasteiger partial charge on any atom is 0.324 e. The average molecular weight is 332 g/mol. The molecule has 4 atom stereocenters. The molecule has 1 aromatic carbocycles. The first-order valence-electron chi connectivity index (χ1n) is 7.86.